The molecule has 3 aliphatic rings. The number of aliphatic hydroxyl groups is 1. The summed E-state index contributed by atoms with van der Waals surface area (Å²) in [6.07, 6.45) is 4.42. The minimum atomic E-state index is -0.460. The molecule has 3 fully saturated rings. The zero-order valence-corrected chi connectivity index (χ0v) is 14.1. The van der Waals surface area contributed by atoms with E-state index in [1.807, 2.05) is 0 Å². The van der Waals surface area contributed by atoms with Gasteiger partial charge in [0.05, 0.1) is 6.10 Å². The lowest BCUT2D eigenvalue weighted by Gasteiger charge is -2.40. The van der Waals surface area contributed by atoms with E-state index in [1.165, 1.54) is 24.3 Å². The molecule has 0 unspecified atom stereocenters. The number of amides is 2. The number of halogens is 1. The van der Waals surface area contributed by atoms with E-state index in [0.717, 1.165) is 25.7 Å². The van der Waals surface area contributed by atoms with E-state index in [9.17, 15) is 19.1 Å². The number of carbonyl (C=O) groups is 2. The molecule has 0 spiro atoms. The minimum absolute atomic E-state index is 0.0600. The molecule has 2 heterocycles. The summed E-state index contributed by atoms with van der Waals surface area (Å²) in [5, 5.41) is 9.49. The summed E-state index contributed by atoms with van der Waals surface area (Å²) >= 11 is 0. The first-order valence-corrected chi connectivity index (χ1v) is 9.09. The Hall–Kier alpha value is -1.95. The molecule has 1 aromatic carbocycles. The summed E-state index contributed by atoms with van der Waals surface area (Å²) in [6.45, 7) is 0.701. The number of fused-ring (bicyclic) bond motifs is 1. The maximum Gasteiger partial charge on any atom is 0.254 e. The van der Waals surface area contributed by atoms with Gasteiger partial charge in [0.15, 0.2) is 0 Å². The first kappa shape index (κ1) is 16.5. The third kappa shape index (κ3) is 2.92. The quantitative estimate of drug-likeness (QED) is 0.888. The molecule has 0 bridgehead atoms. The summed E-state index contributed by atoms with van der Waals surface area (Å²) in [5.74, 6) is -0.266. The molecule has 25 heavy (non-hydrogen) atoms. The van der Waals surface area contributed by atoms with Crippen LogP contribution < -0.4 is 0 Å². The second-order valence-electron chi connectivity index (χ2n) is 7.48. The van der Waals surface area contributed by atoms with Gasteiger partial charge in [0, 0.05) is 24.7 Å². The molecule has 6 heteroatoms. The zero-order chi connectivity index (χ0) is 17.6. The molecule has 0 radical (unpaired) electrons. The van der Waals surface area contributed by atoms with Crippen LogP contribution in [0.2, 0.25) is 0 Å². The average Bonchev–Trinajstić information content (AvgIpc) is 2.98. The Morgan fingerprint density at radius 1 is 1.08 bits per heavy atom. The molecule has 134 valence electrons. The van der Waals surface area contributed by atoms with Crippen molar-refractivity contribution in [2.75, 3.05) is 13.1 Å². The highest BCUT2D eigenvalue weighted by Crippen LogP contribution is 2.41. The number of benzene rings is 1. The second-order valence-corrected chi connectivity index (χ2v) is 7.48. The van der Waals surface area contributed by atoms with Gasteiger partial charge in [-0.25, -0.2) is 4.39 Å². The predicted octanol–water partition coefficient (Wildman–Crippen LogP) is 1.80. The van der Waals surface area contributed by atoms with Gasteiger partial charge in [0.2, 0.25) is 5.91 Å². The topological polar surface area (TPSA) is 60.9 Å². The van der Waals surface area contributed by atoms with E-state index in [1.54, 1.807) is 9.80 Å². The normalized spacial score (nSPS) is 29.3. The van der Waals surface area contributed by atoms with Crippen LogP contribution in [0.5, 0.6) is 0 Å². The van der Waals surface area contributed by atoms with Gasteiger partial charge >= 0.3 is 0 Å². The molecule has 0 aromatic heterocycles. The summed E-state index contributed by atoms with van der Waals surface area (Å²) < 4.78 is 13.2. The van der Waals surface area contributed by atoms with Crippen LogP contribution in [-0.4, -0.2) is 58.0 Å². The van der Waals surface area contributed by atoms with Gasteiger partial charge in [-0.15, -0.1) is 0 Å². The Morgan fingerprint density at radius 2 is 1.76 bits per heavy atom. The average molecular weight is 346 g/mol. The van der Waals surface area contributed by atoms with E-state index >= 15 is 0 Å². The minimum Gasteiger partial charge on any atom is -0.389 e. The van der Waals surface area contributed by atoms with Gasteiger partial charge in [-0.3, -0.25) is 9.59 Å². The van der Waals surface area contributed by atoms with Crippen molar-refractivity contribution in [3.05, 3.63) is 35.6 Å². The Kier molecular flexibility index (Phi) is 4.23. The molecule has 1 N–H and O–H groups in total. The number of aliphatic hydroxyl groups excluding tert-OH is 1. The molecular formula is C19H23FN2O3. The fourth-order valence-corrected chi connectivity index (χ4v) is 4.56. The summed E-state index contributed by atoms with van der Waals surface area (Å²) in [6, 6.07) is 5.17. The van der Waals surface area contributed by atoms with Crippen LogP contribution in [0.4, 0.5) is 4.39 Å². The fraction of sp³-hybridized carbons (Fsp3) is 0.579. The molecule has 4 rings (SSSR count). The molecule has 1 saturated carbocycles. The Labute approximate surface area is 146 Å². The van der Waals surface area contributed by atoms with Crippen LogP contribution in [0.1, 0.15) is 42.5 Å². The number of carbonyl (C=O) groups excluding carboxylic acids is 2. The van der Waals surface area contributed by atoms with Crippen molar-refractivity contribution in [3.63, 3.8) is 0 Å². The van der Waals surface area contributed by atoms with E-state index < -0.39 is 12.1 Å². The number of hydrogen-bond donors (Lipinski definition) is 1. The summed E-state index contributed by atoms with van der Waals surface area (Å²) in [4.78, 5) is 29.4. The van der Waals surface area contributed by atoms with Crippen molar-refractivity contribution >= 4 is 11.8 Å². The molecule has 2 aliphatic heterocycles. The van der Waals surface area contributed by atoms with Crippen molar-refractivity contribution in [3.8, 4) is 0 Å². The Balaban J connectivity index is 1.61. The lowest BCUT2D eigenvalue weighted by Crippen LogP contribution is -2.59. The van der Waals surface area contributed by atoms with Gasteiger partial charge in [0.1, 0.15) is 11.9 Å². The van der Waals surface area contributed by atoms with Gasteiger partial charge in [-0.2, -0.15) is 0 Å². The lowest BCUT2D eigenvalue weighted by atomic mass is 9.84. The van der Waals surface area contributed by atoms with Crippen LogP contribution in [0.25, 0.3) is 0 Å². The third-order valence-corrected chi connectivity index (χ3v) is 5.87. The van der Waals surface area contributed by atoms with Crippen LogP contribution in [0, 0.1) is 11.7 Å². The molecule has 1 aliphatic carbocycles. The highest BCUT2D eigenvalue weighted by Gasteiger charge is 2.49. The lowest BCUT2D eigenvalue weighted by molar-refractivity contribution is -0.145. The number of rotatable bonds is 2. The summed E-state index contributed by atoms with van der Waals surface area (Å²) in [7, 11) is 0. The third-order valence-electron chi connectivity index (χ3n) is 5.87. The Morgan fingerprint density at radius 3 is 2.44 bits per heavy atom. The second kappa shape index (κ2) is 6.41. The first-order chi connectivity index (χ1) is 12.0. The SMILES string of the molecule is O=C([C@@H]1C[C@H]2CCCC[C@@H]2N1C(=O)c1ccc(F)cc1)N1CC(O)C1. The van der Waals surface area contributed by atoms with Gasteiger partial charge in [-0.05, 0) is 49.4 Å². The van der Waals surface area contributed by atoms with Crippen LogP contribution in [0.15, 0.2) is 24.3 Å². The largest absolute Gasteiger partial charge is 0.389 e. The number of hydrogen-bond acceptors (Lipinski definition) is 3. The highest BCUT2D eigenvalue weighted by molar-refractivity contribution is 5.98. The van der Waals surface area contributed by atoms with Crippen LogP contribution in [-0.2, 0) is 4.79 Å². The molecule has 2 amide bonds. The van der Waals surface area contributed by atoms with Crippen molar-refractivity contribution in [1.29, 1.82) is 0 Å². The van der Waals surface area contributed by atoms with Gasteiger partial charge in [-0.1, -0.05) is 12.8 Å². The van der Waals surface area contributed by atoms with Crippen LogP contribution >= 0.6 is 0 Å². The fourth-order valence-electron chi connectivity index (χ4n) is 4.56. The zero-order valence-electron chi connectivity index (χ0n) is 14.1. The van der Waals surface area contributed by atoms with E-state index in [0.29, 0.717) is 31.0 Å². The molecular weight excluding hydrogens is 323 g/mol. The maximum atomic E-state index is 13.2. The standard InChI is InChI=1S/C19H23FN2O3/c20-14-7-5-12(6-8-14)18(24)22-16-4-2-1-3-13(16)9-17(22)19(25)21-10-15(23)11-21/h5-8,13,15-17,23H,1-4,9-11H2/t13-,16+,17+/m1/s1. The first-order valence-electron chi connectivity index (χ1n) is 9.09. The van der Waals surface area contributed by atoms with Crippen molar-refractivity contribution in [2.24, 2.45) is 5.92 Å². The maximum absolute atomic E-state index is 13.2. The van der Waals surface area contributed by atoms with Crippen molar-refractivity contribution < 1.29 is 19.1 Å². The van der Waals surface area contributed by atoms with E-state index in [2.05, 4.69) is 0 Å². The Bertz CT molecular complexity index is 672. The predicted molar refractivity (Wildman–Crippen MR) is 89.3 cm³/mol. The van der Waals surface area contributed by atoms with Crippen LogP contribution in [0.3, 0.4) is 0 Å². The summed E-state index contributed by atoms with van der Waals surface area (Å²) in [5.41, 5.74) is 0.425. The van der Waals surface area contributed by atoms with Crippen molar-refractivity contribution in [1.82, 2.24) is 9.80 Å². The van der Waals surface area contributed by atoms with E-state index in [4.69, 9.17) is 0 Å². The number of β-amino-alcohol motifs (C(OH)–C–C–N with tert-alkyl or cyclic N) is 1. The molecule has 3 atom stereocenters. The van der Waals surface area contributed by atoms with Gasteiger partial charge < -0.3 is 14.9 Å². The smallest absolute Gasteiger partial charge is 0.254 e. The number of nitrogens with zero attached hydrogens (tertiary/aromatic N) is 2. The molecule has 1 aromatic rings. The van der Waals surface area contributed by atoms with Gasteiger partial charge in [0.25, 0.3) is 5.91 Å². The molecule has 5 nitrogen and oxygen atoms in total. The number of likely N-dealkylation sites (tertiary alicyclic amines) is 2. The molecule has 2 saturated heterocycles. The highest BCUT2D eigenvalue weighted by atomic mass is 19.1. The monoisotopic (exact) mass is 346 g/mol. The van der Waals surface area contributed by atoms with Crippen molar-refractivity contribution in [2.45, 2.75) is 50.3 Å². The van der Waals surface area contributed by atoms with E-state index in [-0.39, 0.29) is 23.7 Å².